The van der Waals surface area contributed by atoms with Crippen molar-refractivity contribution in [2.45, 2.75) is 413 Å². The zero-order valence-electron chi connectivity index (χ0n) is 79.8. The van der Waals surface area contributed by atoms with Gasteiger partial charge in [-0.1, -0.05) is 447 Å². The van der Waals surface area contributed by atoms with E-state index in [-0.39, 0.29) is 5.56 Å². The van der Waals surface area contributed by atoms with E-state index in [1.165, 1.54) is 321 Å². The van der Waals surface area contributed by atoms with E-state index in [1.807, 2.05) is 24.3 Å². The highest BCUT2D eigenvalue weighted by molar-refractivity contribution is 5.88. The van der Waals surface area contributed by atoms with E-state index >= 15 is 0 Å². The molecule has 0 unspecified atom stereocenters. The van der Waals surface area contributed by atoms with Crippen molar-refractivity contribution in [3.63, 3.8) is 0 Å². The fraction of sp³-hybridized carbons (Fsp3) is 0.626. The normalized spacial score (nSPS) is 11.6. The lowest BCUT2D eigenvalue weighted by Gasteiger charge is -2.14. The fourth-order valence-electron chi connectivity index (χ4n) is 16.3. The number of hydrogen-bond acceptors (Lipinski definition) is 9. The predicted octanol–water partition coefficient (Wildman–Crippen LogP) is 35.8. The summed E-state index contributed by atoms with van der Waals surface area (Å²) in [7, 11) is 0. The van der Waals surface area contributed by atoms with E-state index in [0.29, 0.717) is 13.2 Å². The van der Waals surface area contributed by atoms with Gasteiger partial charge in [-0.2, -0.15) is 0 Å². The lowest BCUT2D eigenvalue weighted by atomic mass is 10.1. The molecule has 0 atom stereocenters. The first-order valence-corrected chi connectivity index (χ1v) is 51.9. The predicted molar refractivity (Wildman–Crippen MR) is 536 cm³/mol. The molecule has 0 amide bonds. The molecule has 125 heavy (non-hydrogen) atoms. The molecular formula is C115H176O10. The standard InChI is InChI=1S/C115H176O10/c1-5-9-13-17-21-25-33-45-53-61-91-122-111-85-77-103(97-113(111)124-93-63-55-47-35-27-23-19-15-11-7-3)68-65-101-73-81-107(82-74-101)118-87-57-49-41-37-29-31-39-43-51-59-89-120-109-95-105(70-67-100-71-79-106(80-72-100)115(116)117)96-110(99-109)121-90-60-52-44-40-32-30-38-42-50-58-88-119-108-83-75-102(76-84-108)66-69-104-78-86-112(123-92-62-54-46-34-26-22-18-14-10-6-2)114(98-104)125-94-64-56-48-36-28-24-20-16-12-8-4/h65-86,95-99H,5-64,87-94H2,1-4H3,(H,116,117)/b68-65+,69-66+,70-67+. The highest BCUT2D eigenvalue weighted by atomic mass is 16.5. The first kappa shape index (κ1) is 106. The average molecular weight is 1720 g/mol. The highest BCUT2D eigenvalue weighted by Gasteiger charge is 2.13. The molecule has 0 aliphatic rings. The number of aromatic carboxylic acids is 1. The van der Waals surface area contributed by atoms with Crippen molar-refractivity contribution in [1.82, 2.24) is 0 Å². The lowest BCUT2D eigenvalue weighted by Crippen LogP contribution is -2.03. The zero-order valence-corrected chi connectivity index (χ0v) is 79.8. The molecule has 0 heterocycles. The van der Waals surface area contributed by atoms with Crippen LogP contribution in [0.3, 0.4) is 0 Å². The number of carbonyl (C=O) groups is 1. The van der Waals surface area contributed by atoms with Crippen molar-refractivity contribution >= 4 is 42.4 Å². The van der Waals surface area contributed by atoms with Crippen LogP contribution >= 0.6 is 0 Å². The molecular weight excluding hydrogens is 1540 g/mol. The van der Waals surface area contributed by atoms with Crippen molar-refractivity contribution in [2.75, 3.05) is 52.9 Å². The second kappa shape index (κ2) is 75.4. The molecule has 10 nitrogen and oxygen atoms in total. The molecule has 696 valence electrons. The van der Waals surface area contributed by atoms with Gasteiger partial charge in [-0.05, 0) is 158 Å². The second-order valence-electron chi connectivity index (χ2n) is 35.8. The smallest absolute Gasteiger partial charge is 0.335 e. The van der Waals surface area contributed by atoms with Gasteiger partial charge in [0.1, 0.15) is 23.0 Å². The SMILES string of the molecule is CCCCCCCCCCCCOc1ccc(/C=C/c2ccc(OCCCCCCCCCCCCOc3cc(/C=C/c4ccc(C(=O)O)cc4)cc(OCCCCCCCCCCCCOc4ccc(/C=C/c5ccc(OCCCCCCCCCCCC)c(OCCCCCCCCCCCC)c5)cc4)c3)cc2)cc1OCCCCCCCCCCCC. The van der Waals surface area contributed by atoms with Crippen LogP contribution in [0, 0.1) is 0 Å². The Labute approximate surface area is 763 Å². The molecule has 0 aliphatic heterocycles. The molecule has 0 aromatic heterocycles. The third-order valence-corrected chi connectivity index (χ3v) is 24.3. The zero-order chi connectivity index (χ0) is 88.1. The number of carboxylic acid groups (broad SMARTS) is 1. The number of carboxylic acids is 1. The van der Waals surface area contributed by atoms with Crippen LogP contribution in [0.1, 0.15) is 457 Å². The highest BCUT2D eigenvalue weighted by Crippen LogP contribution is 2.34. The van der Waals surface area contributed by atoms with Crippen molar-refractivity contribution in [3.05, 3.63) is 166 Å². The van der Waals surface area contributed by atoms with Crippen LogP contribution in [0.25, 0.3) is 36.5 Å². The fourth-order valence-corrected chi connectivity index (χ4v) is 16.3. The molecule has 0 saturated carbocycles. The molecule has 0 spiro atoms. The Bertz CT molecular complexity index is 3410. The van der Waals surface area contributed by atoms with E-state index in [9.17, 15) is 9.90 Å². The van der Waals surface area contributed by atoms with Crippen LogP contribution in [-0.2, 0) is 0 Å². The van der Waals surface area contributed by atoms with Crippen molar-refractivity contribution in [1.29, 1.82) is 0 Å². The van der Waals surface area contributed by atoms with Crippen molar-refractivity contribution in [2.24, 2.45) is 0 Å². The third-order valence-electron chi connectivity index (χ3n) is 24.3. The quantitative estimate of drug-likeness (QED) is 0.0293. The molecule has 6 aromatic rings. The number of unbranched alkanes of at least 4 members (excludes halogenated alkanes) is 54. The Hall–Kier alpha value is -7.59. The number of rotatable bonds is 85. The Morgan fingerprint density at radius 2 is 0.384 bits per heavy atom. The maximum Gasteiger partial charge on any atom is 0.335 e. The molecule has 0 saturated heterocycles. The van der Waals surface area contributed by atoms with Gasteiger partial charge in [0, 0.05) is 6.07 Å². The van der Waals surface area contributed by atoms with Gasteiger partial charge < -0.3 is 43.0 Å². The molecule has 10 heteroatoms. The lowest BCUT2D eigenvalue weighted by molar-refractivity contribution is 0.0696. The Morgan fingerprint density at radius 1 is 0.192 bits per heavy atom. The topological polar surface area (TPSA) is 111 Å². The summed E-state index contributed by atoms with van der Waals surface area (Å²) in [6.07, 6.45) is 89.4. The van der Waals surface area contributed by atoms with Gasteiger partial charge >= 0.3 is 5.97 Å². The van der Waals surface area contributed by atoms with Gasteiger partial charge in [0.2, 0.25) is 0 Å². The largest absolute Gasteiger partial charge is 0.494 e. The van der Waals surface area contributed by atoms with Crippen LogP contribution in [0.4, 0.5) is 0 Å². The number of ether oxygens (including phenoxy) is 8. The molecule has 0 radical (unpaired) electrons. The molecule has 0 aliphatic carbocycles. The van der Waals surface area contributed by atoms with E-state index in [0.717, 1.165) is 183 Å². The van der Waals surface area contributed by atoms with Crippen molar-refractivity contribution in [3.8, 4) is 46.0 Å². The molecule has 0 bridgehead atoms. The minimum Gasteiger partial charge on any atom is -0.494 e. The van der Waals surface area contributed by atoms with E-state index in [1.54, 1.807) is 12.1 Å². The maximum absolute atomic E-state index is 11.5. The first-order chi connectivity index (χ1) is 61.8. The summed E-state index contributed by atoms with van der Waals surface area (Å²) in [5.74, 6) is 6.02. The summed E-state index contributed by atoms with van der Waals surface area (Å²) in [6.45, 7) is 14.9. The summed E-state index contributed by atoms with van der Waals surface area (Å²) in [4.78, 5) is 11.5. The van der Waals surface area contributed by atoms with Gasteiger partial charge in [0.05, 0.1) is 58.4 Å². The Kier molecular flexibility index (Phi) is 64.0. The van der Waals surface area contributed by atoms with E-state index in [4.69, 9.17) is 37.9 Å². The van der Waals surface area contributed by atoms with Crippen LogP contribution < -0.4 is 37.9 Å². The molecule has 6 aromatic carbocycles. The molecule has 1 N–H and O–H groups in total. The minimum absolute atomic E-state index is 0.279. The Balaban J connectivity index is 0.793. The van der Waals surface area contributed by atoms with Gasteiger partial charge in [0.25, 0.3) is 0 Å². The van der Waals surface area contributed by atoms with Crippen molar-refractivity contribution < 1.29 is 47.8 Å². The van der Waals surface area contributed by atoms with Gasteiger partial charge in [0.15, 0.2) is 23.0 Å². The second-order valence-corrected chi connectivity index (χ2v) is 35.8. The number of benzene rings is 6. The summed E-state index contributed by atoms with van der Waals surface area (Å²) < 4.78 is 50.8. The number of hydrogen-bond donors (Lipinski definition) is 1. The Morgan fingerprint density at radius 3 is 0.632 bits per heavy atom. The molecule has 6 rings (SSSR count). The summed E-state index contributed by atoms with van der Waals surface area (Å²) in [5, 5.41) is 9.43. The minimum atomic E-state index is -0.924. The molecule has 0 fully saturated rings. The monoisotopic (exact) mass is 1720 g/mol. The summed E-state index contributed by atoms with van der Waals surface area (Å²) >= 11 is 0. The van der Waals surface area contributed by atoms with E-state index < -0.39 is 5.97 Å². The first-order valence-electron chi connectivity index (χ1n) is 51.9. The average Bonchev–Trinajstić information content (AvgIpc) is 0.873. The maximum atomic E-state index is 11.5. The van der Waals surface area contributed by atoms with E-state index in [2.05, 4.69) is 155 Å². The third kappa shape index (κ3) is 55.7. The van der Waals surface area contributed by atoms with Gasteiger partial charge in [-0.15, -0.1) is 0 Å². The van der Waals surface area contributed by atoms with Crippen LogP contribution in [0.15, 0.2) is 127 Å². The van der Waals surface area contributed by atoms with Crippen LogP contribution in [0.5, 0.6) is 46.0 Å². The summed E-state index contributed by atoms with van der Waals surface area (Å²) in [6, 6.07) is 42.9. The van der Waals surface area contributed by atoms with Crippen LogP contribution in [-0.4, -0.2) is 63.9 Å². The van der Waals surface area contributed by atoms with Gasteiger partial charge in [-0.25, -0.2) is 4.79 Å². The summed E-state index contributed by atoms with van der Waals surface area (Å²) in [5.41, 5.74) is 6.72. The van der Waals surface area contributed by atoms with Gasteiger partial charge in [-0.3, -0.25) is 0 Å². The van der Waals surface area contributed by atoms with Crippen LogP contribution in [0.2, 0.25) is 0 Å².